The smallest absolute Gasteiger partial charge is 0.319 e. The topological polar surface area (TPSA) is 66.4 Å². The number of carbonyl (C=O) groups is 2. The van der Waals surface area contributed by atoms with Gasteiger partial charge in [0.25, 0.3) is 0 Å². The monoisotopic (exact) mass is 265 g/mol. The lowest BCUT2D eigenvalue weighted by Gasteiger charge is -2.17. The minimum absolute atomic E-state index is 0.185. The van der Waals surface area contributed by atoms with E-state index in [0.29, 0.717) is 19.3 Å². The first-order valence-corrected chi connectivity index (χ1v) is 6.23. The summed E-state index contributed by atoms with van der Waals surface area (Å²) in [5.74, 6) is -1.78. The van der Waals surface area contributed by atoms with E-state index in [-0.39, 0.29) is 11.9 Å². The maximum Gasteiger partial charge on any atom is 0.319 e. The van der Waals surface area contributed by atoms with Crippen molar-refractivity contribution in [1.82, 2.24) is 5.32 Å². The maximum atomic E-state index is 12.8. The number of carboxylic acids is 1. The van der Waals surface area contributed by atoms with Gasteiger partial charge in [0.1, 0.15) is 11.2 Å². The Morgan fingerprint density at radius 2 is 1.95 bits per heavy atom. The normalized spacial score (nSPS) is 17.6. The van der Waals surface area contributed by atoms with Gasteiger partial charge in [-0.3, -0.25) is 9.59 Å². The fourth-order valence-electron chi connectivity index (χ4n) is 2.05. The fourth-order valence-corrected chi connectivity index (χ4v) is 2.05. The quantitative estimate of drug-likeness (QED) is 0.797. The van der Waals surface area contributed by atoms with E-state index in [1.165, 1.54) is 12.1 Å². The number of benzene rings is 1. The van der Waals surface area contributed by atoms with Crippen LogP contribution in [0.1, 0.15) is 25.3 Å². The molecule has 1 fully saturated rings. The molecule has 0 heterocycles. The van der Waals surface area contributed by atoms with Gasteiger partial charge in [-0.25, -0.2) is 4.39 Å². The van der Waals surface area contributed by atoms with Crippen molar-refractivity contribution < 1.29 is 19.1 Å². The van der Waals surface area contributed by atoms with Gasteiger partial charge in [0.05, 0.1) is 0 Å². The van der Waals surface area contributed by atoms with Crippen LogP contribution in [0.25, 0.3) is 0 Å². The van der Waals surface area contributed by atoms with E-state index in [4.69, 9.17) is 5.11 Å². The first-order valence-electron chi connectivity index (χ1n) is 6.23. The van der Waals surface area contributed by atoms with Crippen molar-refractivity contribution in [2.75, 3.05) is 0 Å². The van der Waals surface area contributed by atoms with E-state index in [9.17, 15) is 14.0 Å². The molecule has 0 spiro atoms. The second-order valence-corrected chi connectivity index (χ2v) is 5.09. The number of carbonyl (C=O) groups excluding carboxylic acids is 1. The van der Waals surface area contributed by atoms with Crippen LogP contribution in [-0.2, 0) is 16.0 Å². The molecular formula is C14H16FNO3. The first-order chi connectivity index (χ1) is 8.94. The Balaban J connectivity index is 1.91. The average Bonchev–Trinajstić information content (AvgIpc) is 3.13. The van der Waals surface area contributed by atoms with Crippen LogP contribution in [0.5, 0.6) is 0 Å². The van der Waals surface area contributed by atoms with Gasteiger partial charge in [-0.15, -0.1) is 0 Å². The molecule has 1 amide bonds. The Labute approximate surface area is 110 Å². The van der Waals surface area contributed by atoms with E-state index < -0.39 is 17.3 Å². The summed E-state index contributed by atoms with van der Waals surface area (Å²) < 4.78 is 12.8. The summed E-state index contributed by atoms with van der Waals surface area (Å²) in [6.07, 6.45) is 1.34. The Morgan fingerprint density at radius 3 is 2.42 bits per heavy atom. The number of halogens is 1. The predicted octanol–water partition coefficient (Wildman–Crippen LogP) is 1.74. The van der Waals surface area contributed by atoms with E-state index >= 15 is 0 Å². The van der Waals surface area contributed by atoms with Crippen molar-refractivity contribution in [1.29, 1.82) is 0 Å². The van der Waals surface area contributed by atoms with Crippen molar-refractivity contribution in [3.8, 4) is 0 Å². The van der Waals surface area contributed by atoms with Crippen LogP contribution in [0.2, 0.25) is 0 Å². The van der Waals surface area contributed by atoms with Crippen molar-refractivity contribution >= 4 is 11.9 Å². The highest BCUT2D eigenvalue weighted by Crippen LogP contribution is 2.46. The molecule has 1 aliphatic carbocycles. The molecule has 0 aromatic heterocycles. The first kappa shape index (κ1) is 13.5. The van der Waals surface area contributed by atoms with Crippen molar-refractivity contribution in [2.45, 2.75) is 32.2 Å². The summed E-state index contributed by atoms with van der Waals surface area (Å²) in [6, 6.07) is 5.85. The van der Waals surface area contributed by atoms with E-state index in [1.807, 2.05) is 0 Å². The molecule has 1 unspecified atom stereocenters. The SMILES string of the molecule is CC(Cc1ccc(F)cc1)NC(=O)C1(C(=O)O)CC1. The van der Waals surface area contributed by atoms with Gasteiger partial charge in [0, 0.05) is 6.04 Å². The molecule has 102 valence electrons. The highest BCUT2D eigenvalue weighted by molar-refractivity contribution is 6.04. The lowest BCUT2D eigenvalue weighted by atomic mass is 10.0. The molecule has 19 heavy (non-hydrogen) atoms. The molecule has 1 aromatic carbocycles. The number of aliphatic carboxylic acids is 1. The third-order valence-electron chi connectivity index (χ3n) is 3.43. The molecular weight excluding hydrogens is 249 g/mol. The number of amides is 1. The van der Waals surface area contributed by atoms with E-state index in [2.05, 4.69) is 5.32 Å². The summed E-state index contributed by atoms with van der Waals surface area (Å²) in [7, 11) is 0. The van der Waals surface area contributed by atoms with Gasteiger partial charge < -0.3 is 10.4 Å². The summed E-state index contributed by atoms with van der Waals surface area (Å²) in [5, 5.41) is 11.7. The van der Waals surface area contributed by atoms with Crippen LogP contribution in [-0.4, -0.2) is 23.0 Å². The predicted molar refractivity (Wildman–Crippen MR) is 67.0 cm³/mol. The highest BCUT2D eigenvalue weighted by Gasteiger charge is 2.57. The van der Waals surface area contributed by atoms with Crippen molar-refractivity contribution in [3.05, 3.63) is 35.6 Å². The minimum atomic E-state index is -1.21. The standard InChI is InChI=1S/C14H16FNO3/c1-9(8-10-2-4-11(15)5-3-10)16-12(17)14(6-7-14)13(18)19/h2-5,9H,6-8H2,1H3,(H,16,17)(H,18,19). The summed E-state index contributed by atoms with van der Waals surface area (Å²) in [6.45, 7) is 1.80. The third-order valence-corrected chi connectivity index (χ3v) is 3.43. The van der Waals surface area contributed by atoms with Gasteiger partial charge in [0.2, 0.25) is 5.91 Å². The summed E-state index contributed by atoms with van der Waals surface area (Å²) in [4.78, 5) is 22.9. The second-order valence-electron chi connectivity index (χ2n) is 5.09. The highest BCUT2D eigenvalue weighted by atomic mass is 19.1. The Morgan fingerprint density at radius 1 is 1.37 bits per heavy atom. The number of hydrogen-bond donors (Lipinski definition) is 2. The number of hydrogen-bond acceptors (Lipinski definition) is 2. The van der Waals surface area contributed by atoms with E-state index in [1.54, 1.807) is 19.1 Å². The van der Waals surface area contributed by atoms with Crippen molar-refractivity contribution in [3.63, 3.8) is 0 Å². The summed E-state index contributed by atoms with van der Waals surface area (Å²) >= 11 is 0. The van der Waals surface area contributed by atoms with Gasteiger partial charge in [-0.1, -0.05) is 12.1 Å². The molecule has 1 saturated carbocycles. The van der Waals surface area contributed by atoms with Crippen LogP contribution in [0.15, 0.2) is 24.3 Å². The molecule has 4 nitrogen and oxygen atoms in total. The molecule has 0 radical (unpaired) electrons. The van der Waals surface area contributed by atoms with Gasteiger partial charge in [-0.2, -0.15) is 0 Å². The zero-order chi connectivity index (χ0) is 14.0. The minimum Gasteiger partial charge on any atom is -0.480 e. The zero-order valence-corrected chi connectivity index (χ0v) is 10.6. The van der Waals surface area contributed by atoms with Crippen LogP contribution in [0.3, 0.4) is 0 Å². The second kappa shape index (κ2) is 4.99. The Bertz CT molecular complexity index is 494. The Hall–Kier alpha value is -1.91. The largest absolute Gasteiger partial charge is 0.480 e. The number of nitrogens with one attached hydrogen (secondary N) is 1. The molecule has 5 heteroatoms. The molecule has 0 bridgehead atoms. The average molecular weight is 265 g/mol. The van der Waals surface area contributed by atoms with E-state index in [0.717, 1.165) is 5.56 Å². The fraction of sp³-hybridized carbons (Fsp3) is 0.429. The van der Waals surface area contributed by atoms with Gasteiger partial charge >= 0.3 is 5.97 Å². The van der Waals surface area contributed by atoms with Gasteiger partial charge in [-0.05, 0) is 43.9 Å². The Kier molecular flexibility index (Phi) is 3.55. The molecule has 1 aromatic rings. The molecule has 0 saturated heterocycles. The molecule has 1 aliphatic rings. The number of carboxylic acid groups (broad SMARTS) is 1. The molecule has 1 atom stereocenters. The van der Waals surface area contributed by atoms with Crippen LogP contribution in [0.4, 0.5) is 4.39 Å². The molecule has 2 N–H and O–H groups in total. The van der Waals surface area contributed by atoms with Crippen molar-refractivity contribution in [2.24, 2.45) is 5.41 Å². The number of rotatable bonds is 5. The maximum absolute atomic E-state index is 12.8. The third kappa shape index (κ3) is 2.92. The molecule has 2 rings (SSSR count). The lowest BCUT2D eigenvalue weighted by molar-refractivity contribution is -0.149. The summed E-state index contributed by atoms with van der Waals surface area (Å²) in [5.41, 5.74) is -0.314. The van der Waals surface area contributed by atoms with Gasteiger partial charge in [0.15, 0.2) is 0 Å². The molecule has 0 aliphatic heterocycles. The van der Waals surface area contributed by atoms with Crippen LogP contribution in [0, 0.1) is 11.2 Å². The lowest BCUT2D eigenvalue weighted by Crippen LogP contribution is -2.42. The zero-order valence-electron chi connectivity index (χ0n) is 10.6. The van der Waals surface area contributed by atoms with Crippen LogP contribution < -0.4 is 5.32 Å². The van der Waals surface area contributed by atoms with Crippen LogP contribution >= 0.6 is 0 Å².